The molecule has 0 spiro atoms. The molecule has 4 heterocycles. The van der Waals surface area contributed by atoms with E-state index in [1.165, 1.54) is 15.6 Å². The van der Waals surface area contributed by atoms with Crippen LogP contribution in [0.3, 0.4) is 0 Å². The summed E-state index contributed by atoms with van der Waals surface area (Å²) in [6.07, 6.45) is 4.86. The van der Waals surface area contributed by atoms with Gasteiger partial charge >= 0.3 is 0 Å². The third-order valence-electron chi connectivity index (χ3n) is 4.24. The molecule has 1 amide bonds. The van der Waals surface area contributed by atoms with Crippen molar-refractivity contribution in [2.24, 2.45) is 0 Å². The highest BCUT2D eigenvalue weighted by Crippen LogP contribution is 2.29. The van der Waals surface area contributed by atoms with Gasteiger partial charge in [0.05, 0.1) is 12.2 Å². The maximum absolute atomic E-state index is 12.4. The molecular formula is C16H16N6O3S2. The van der Waals surface area contributed by atoms with E-state index in [1.54, 1.807) is 40.8 Å². The van der Waals surface area contributed by atoms with Crippen molar-refractivity contribution in [3.8, 4) is 0 Å². The number of hydrogen-bond acceptors (Lipinski definition) is 7. The van der Waals surface area contributed by atoms with Crippen LogP contribution in [0.4, 0.5) is 0 Å². The standard InChI is InChI=1S/C16H16N6O3S2/c23-16(18-8-12-3-5-17-6-4-12)14-11-22(20-19-14)13-9-21(10-13)27(24,25)15-2-1-7-26-15/h1-7,11,13H,8-10H2,(H,18,23). The van der Waals surface area contributed by atoms with E-state index < -0.39 is 10.0 Å². The highest BCUT2D eigenvalue weighted by Gasteiger charge is 2.39. The number of sulfonamides is 1. The summed E-state index contributed by atoms with van der Waals surface area (Å²) in [6.45, 7) is 0.980. The van der Waals surface area contributed by atoms with Crippen molar-refractivity contribution in [3.05, 3.63) is 59.5 Å². The summed E-state index contributed by atoms with van der Waals surface area (Å²) < 4.78 is 28.1. The Labute approximate surface area is 159 Å². The van der Waals surface area contributed by atoms with Crippen LogP contribution >= 0.6 is 11.3 Å². The second-order valence-electron chi connectivity index (χ2n) is 6.03. The summed E-state index contributed by atoms with van der Waals surface area (Å²) >= 11 is 1.19. The summed E-state index contributed by atoms with van der Waals surface area (Å²) in [5.74, 6) is -0.333. The van der Waals surface area contributed by atoms with Crippen LogP contribution in [0.1, 0.15) is 22.1 Å². The molecule has 27 heavy (non-hydrogen) atoms. The SMILES string of the molecule is O=C(NCc1ccncc1)c1cn(C2CN(S(=O)(=O)c3cccs3)C2)nn1. The molecule has 140 valence electrons. The summed E-state index contributed by atoms with van der Waals surface area (Å²) in [5, 5.41) is 12.4. The Morgan fingerprint density at radius 3 is 2.74 bits per heavy atom. The van der Waals surface area contributed by atoms with Gasteiger partial charge in [-0.15, -0.1) is 16.4 Å². The predicted molar refractivity (Wildman–Crippen MR) is 97.5 cm³/mol. The molecule has 1 aliphatic heterocycles. The number of nitrogens with zero attached hydrogens (tertiary/aromatic N) is 5. The Hall–Kier alpha value is -2.63. The van der Waals surface area contributed by atoms with E-state index in [0.717, 1.165) is 5.56 Å². The lowest BCUT2D eigenvalue weighted by molar-refractivity contribution is 0.0945. The number of carbonyl (C=O) groups excluding carboxylic acids is 1. The van der Waals surface area contributed by atoms with E-state index in [9.17, 15) is 13.2 Å². The molecule has 11 heteroatoms. The summed E-state index contributed by atoms with van der Waals surface area (Å²) in [4.78, 5) is 16.1. The maximum atomic E-state index is 12.4. The molecule has 0 radical (unpaired) electrons. The zero-order chi connectivity index (χ0) is 18.9. The van der Waals surface area contributed by atoms with Gasteiger partial charge in [-0.1, -0.05) is 11.3 Å². The lowest BCUT2D eigenvalue weighted by Gasteiger charge is -2.37. The largest absolute Gasteiger partial charge is 0.347 e. The smallest absolute Gasteiger partial charge is 0.273 e. The third-order valence-corrected chi connectivity index (χ3v) is 7.44. The molecule has 3 aromatic rings. The maximum Gasteiger partial charge on any atom is 0.273 e. The van der Waals surface area contributed by atoms with Crippen molar-refractivity contribution in [3.63, 3.8) is 0 Å². The highest BCUT2D eigenvalue weighted by molar-refractivity contribution is 7.91. The minimum atomic E-state index is -3.44. The van der Waals surface area contributed by atoms with Crippen molar-refractivity contribution < 1.29 is 13.2 Å². The number of amides is 1. The van der Waals surface area contributed by atoms with Gasteiger partial charge < -0.3 is 5.32 Å². The lowest BCUT2D eigenvalue weighted by atomic mass is 10.2. The molecule has 0 saturated carbocycles. The fourth-order valence-electron chi connectivity index (χ4n) is 2.65. The number of hydrogen-bond donors (Lipinski definition) is 1. The van der Waals surface area contributed by atoms with Gasteiger partial charge in [0, 0.05) is 32.0 Å². The minimum Gasteiger partial charge on any atom is -0.347 e. The Balaban J connectivity index is 1.34. The van der Waals surface area contributed by atoms with Gasteiger partial charge in [-0.3, -0.25) is 9.78 Å². The first-order valence-electron chi connectivity index (χ1n) is 8.16. The molecule has 0 bridgehead atoms. The Kier molecular flexibility index (Phi) is 4.72. The van der Waals surface area contributed by atoms with E-state index in [4.69, 9.17) is 0 Å². The number of thiophene rings is 1. The van der Waals surface area contributed by atoms with E-state index in [2.05, 4.69) is 20.6 Å². The van der Waals surface area contributed by atoms with Crippen LogP contribution < -0.4 is 5.32 Å². The quantitative estimate of drug-likeness (QED) is 0.654. The average molecular weight is 404 g/mol. The second-order valence-corrected chi connectivity index (χ2v) is 9.14. The number of nitrogens with one attached hydrogen (secondary N) is 1. The van der Waals surface area contributed by atoms with Crippen LogP contribution in [0.25, 0.3) is 0 Å². The van der Waals surface area contributed by atoms with Gasteiger partial charge in [0.1, 0.15) is 4.21 Å². The lowest BCUT2D eigenvalue weighted by Crippen LogP contribution is -2.50. The summed E-state index contributed by atoms with van der Waals surface area (Å²) in [6, 6.07) is 6.80. The van der Waals surface area contributed by atoms with Crippen molar-refractivity contribution in [2.75, 3.05) is 13.1 Å². The molecule has 0 atom stereocenters. The van der Waals surface area contributed by atoms with Gasteiger partial charge in [0.25, 0.3) is 15.9 Å². The molecule has 0 aromatic carbocycles. The Morgan fingerprint density at radius 2 is 2.04 bits per heavy atom. The van der Waals surface area contributed by atoms with Crippen LogP contribution in [0, 0.1) is 0 Å². The van der Waals surface area contributed by atoms with E-state index in [0.29, 0.717) is 23.8 Å². The first kappa shape index (κ1) is 17.8. The number of pyridine rings is 1. The fourth-order valence-corrected chi connectivity index (χ4v) is 5.31. The zero-order valence-electron chi connectivity index (χ0n) is 14.1. The van der Waals surface area contributed by atoms with E-state index in [-0.39, 0.29) is 17.6 Å². The van der Waals surface area contributed by atoms with Crippen molar-refractivity contribution in [1.29, 1.82) is 0 Å². The number of carbonyl (C=O) groups is 1. The Morgan fingerprint density at radius 1 is 1.26 bits per heavy atom. The third kappa shape index (κ3) is 3.61. The van der Waals surface area contributed by atoms with E-state index >= 15 is 0 Å². The average Bonchev–Trinajstić information content (AvgIpc) is 3.31. The minimum absolute atomic E-state index is 0.131. The van der Waals surface area contributed by atoms with Gasteiger partial charge in [0.15, 0.2) is 5.69 Å². The molecule has 0 aliphatic carbocycles. The van der Waals surface area contributed by atoms with Crippen molar-refractivity contribution in [1.82, 2.24) is 29.6 Å². The number of rotatable bonds is 6. The van der Waals surface area contributed by atoms with Crippen LogP contribution in [-0.2, 0) is 16.6 Å². The zero-order valence-corrected chi connectivity index (χ0v) is 15.7. The first-order valence-corrected chi connectivity index (χ1v) is 10.5. The van der Waals surface area contributed by atoms with Crippen LogP contribution in [0.5, 0.6) is 0 Å². The van der Waals surface area contributed by atoms with Crippen LogP contribution in [0.2, 0.25) is 0 Å². The highest BCUT2D eigenvalue weighted by atomic mass is 32.2. The predicted octanol–water partition coefficient (Wildman–Crippen LogP) is 0.910. The molecular weight excluding hydrogens is 388 g/mol. The first-order chi connectivity index (χ1) is 13.0. The summed E-state index contributed by atoms with van der Waals surface area (Å²) in [7, 11) is -3.44. The topological polar surface area (TPSA) is 110 Å². The fraction of sp³-hybridized carbons (Fsp3) is 0.250. The van der Waals surface area contributed by atoms with Gasteiger partial charge in [0.2, 0.25) is 0 Å². The molecule has 0 unspecified atom stereocenters. The van der Waals surface area contributed by atoms with Gasteiger partial charge in [-0.05, 0) is 29.1 Å². The van der Waals surface area contributed by atoms with Gasteiger partial charge in [-0.2, -0.15) is 4.31 Å². The van der Waals surface area contributed by atoms with E-state index in [1.807, 2.05) is 12.1 Å². The molecule has 4 rings (SSSR count). The normalized spacial score (nSPS) is 15.4. The van der Waals surface area contributed by atoms with Crippen molar-refractivity contribution >= 4 is 27.3 Å². The molecule has 1 N–H and O–H groups in total. The van der Waals surface area contributed by atoms with Crippen molar-refractivity contribution in [2.45, 2.75) is 16.8 Å². The van der Waals surface area contributed by atoms with Crippen LogP contribution in [0.15, 0.2) is 52.4 Å². The molecule has 3 aromatic heterocycles. The molecule has 1 saturated heterocycles. The number of aromatic nitrogens is 4. The second kappa shape index (κ2) is 7.18. The molecule has 9 nitrogen and oxygen atoms in total. The summed E-state index contributed by atoms with van der Waals surface area (Å²) in [5.41, 5.74) is 1.13. The Bertz CT molecular complexity index is 1030. The molecule has 1 fully saturated rings. The van der Waals surface area contributed by atoms with Crippen LogP contribution in [-0.4, -0.2) is 51.7 Å². The monoisotopic (exact) mass is 404 g/mol. The molecule has 1 aliphatic rings. The van der Waals surface area contributed by atoms with Gasteiger partial charge in [-0.25, -0.2) is 13.1 Å².